The van der Waals surface area contributed by atoms with Gasteiger partial charge in [0.1, 0.15) is 11.5 Å². The summed E-state index contributed by atoms with van der Waals surface area (Å²) in [5, 5.41) is 0. The molecule has 0 bridgehead atoms. The number of amides is 1. The van der Waals surface area contributed by atoms with Crippen LogP contribution in [0.5, 0.6) is 11.5 Å². The fraction of sp³-hybridized carbons (Fsp3) is 0.554. The van der Waals surface area contributed by atoms with Gasteiger partial charge < -0.3 is 30.3 Å². The molecule has 0 atom stereocenters. The molecule has 0 unspecified atom stereocenters. The minimum atomic E-state index is 0. The number of piperidine rings is 4. The van der Waals surface area contributed by atoms with Crippen molar-refractivity contribution >= 4 is 23.3 Å². The Morgan fingerprint density at radius 3 is 1.21 bits per heavy atom. The number of likely N-dealkylation sites (tertiary alicyclic amines) is 4. The Labute approximate surface area is 422 Å². The molecule has 4 aromatic carbocycles. The molecule has 9 rings (SSSR count). The number of nitrogens with zero attached hydrogens (tertiary/aromatic N) is 4. The van der Waals surface area contributed by atoms with E-state index in [1.54, 1.807) is 0 Å². The first-order chi connectivity index (χ1) is 31.7. The van der Waals surface area contributed by atoms with Gasteiger partial charge in [-0.25, -0.2) is 0 Å². The van der Waals surface area contributed by atoms with Crippen molar-refractivity contribution in [2.45, 2.75) is 109 Å². The Hall–Kier alpha value is -3.08. The predicted molar refractivity (Wildman–Crippen MR) is 275 cm³/mol. The second kappa shape index (κ2) is 31.1. The maximum absolute atomic E-state index is 12.6. The van der Waals surface area contributed by atoms with Crippen molar-refractivity contribution in [3.63, 3.8) is 0 Å². The van der Waals surface area contributed by atoms with E-state index in [9.17, 15) is 4.79 Å². The summed E-state index contributed by atoms with van der Waals surface area (Å²) < 4.78 is 16.8. The van der Waals surface area contributed by atoms with Gasteiger partial charge >= 0.3 is 18.9 Å². The summed E-state index contributed by atoms with van der Waals surface area (Å²) in [5.41, 5.74) is 7.02. The summed E-state index contributed by atoms with van der Waals surface area (Å²) in [6, 6.07) is 34.0. The molecule has 354 valence electrons. The van der Waals surface area contributed by atoms with E-state index in [1.807, 2.05) is 41.3 Å². The first kappa shape index (κ1) is 53.9. The summed E-state index contributed by atoms with van der Waals surface area (Å²) in [5.74, 6) is 2.07. The second-order valence-electron chi connectivity index (χ2n) is 18.5. The Bertz CT molecular complexity index is 1870. The van der Waals surface area contributed by atoms with Crippen molar-refractivity contribution in [2.24, 2.45) is 0 Å². The van der Waals surface area contributed by atoms with Gasteiger partial charge in [-0.05, 0) is 187 Å². The van der Waals surface area contributed by atoms with E-state index in [-0.39, 0.29) is 43.6 Å². The average molecular weight is 909 g/mol. The van der Waals surface area contributed by atoms with Crippen molar-refractivity contribution in [2.75, 3.05) is 91.9 Å². The first-order valence-corrected chi connectivity index (χ1v) is 25.4. The van der Waals surface area contributed by atoms with E-state index < -0.39 is 0 Å². The zero-order valence-corrected chi connectivity index (χ0v) is 40.1. The molecule has 8 nitrogen and oxygen atoms in total. The van der Waals surface area contributed by atoms with Gasteiger partial charge in [-0.15, -0.1) is 0 Å². The van der Waals surface area contributed by atoms with Crippen molar-refractivity contribution in [3.8, 4) is 33.8 Å². The molecular formula is C56H82AlLiN4O4. The predicted octanol–water partition coefficient (Wildman–Crippen LogP) is 7.56. The van der Waals surface area contributed by atoms with E-state index in [0.717, 1.165) is 106 Å². The van der Waals surface area contributed by atoms with Crippen molar-refractivity contribution in [1.82, 2.24) is 19.6 Å². The minimum absolute atomic E-state index is 0. The molecule has 5 saturated heterocycles. The van der Waals surface area contributed by atoms with Crippen LogP contribution in [-0.4, -0.2) is 135 Å². The number of carbonyl (C=O) groups is 1. The summed E-state index contributed by atoms with van der Waals surface area (Å²) in [7, 11) is 0. The largest absolute Gasteiger partial charge is 1.00 e. The van der Waals surface area contributed by atoms with Crippen molar-refractivity contribution in [3.05, 3.63) is 108 Å². The van der Waals surface area contributed by atoms with Gasteiger partial charge in [-0.1, -0.05) is 79.9 Å². The molecule has 0 saturated carbocycles. The fourth-order valence-corrected chi connectivity index (χ4v) is 9.58. The van der Waals surface area contributed by atoms with Crippen LogP contribution in [0.4, 0.5) is 0 Å². The van der Waals surface area contributed by atoms with E-state index in [1.165, 1.54) is 140 Å². The molecule has 5 heterocycles. The summed E-state index contributed by atoms with van der Waals surface area (Å²) >= 11 is 0. The molecule has 1 amide bonds. The average Bonchev–Trinajstić information content (AvgIpc) is 3.97. The van der Waals surface area contributed by atoms with Gasteiger partial charge in [0, 0.05) is 51.5 Å². The summed E-state index contributed by atoms with van der Waals surface area (Å²) in [4.78, 5) is 22.3. The molecule has 4 aromatic rings. The third-order valence-corrected chi connectivity index (χ3v) is 13.5. The van der Waals surface area contributed by atoms with Crippen LogP contribution in [0.25, 0.3) is 22.3 Å². The minimum Gasteiger partial charge on any atom is -1.00 e. The molecule has 5 fully saturated rings. The van der Waals surface area contributed by atoms with Gasteiger partial charge in [0.2, 0.25) is 0 Å². The quantitative estimate of drug-likeness (QED) is 0.0903. The number of benzene rings is 4. The Balaban J connectivity index is 0.000000254. The van der Waals surface area contributed by atoms with E-state index >= 15 is 0 Å². The van der Waals surface area contributed by atoms with Crippen LogP contribution in [0.2, 0.25) is 0 Å². The molecule has 10 heteroatoms. The molecule has 5 aliphatic heterocycles. The Morgan fingerprint density at radius 2 is 0.818 bits per heavy atom. The number of hydrogen-bond donors (Lipinski definition) is 0. The van der Waals surface area contributed by atoms with Crippen LogP contribution in [0.3, 0.4) is 0 Å². The second-order valence-corrected chi connectivity index (χ2v) is 18.5. The molecule has 0 radical (unpaired) electrons. The van der Waals surface area contributed by atoms with Crippen LogP contribution in [0.15, 0.2) is 97.1 Å². The number of rotatable bonds is 15. The molecule has 5 aliphatic rings. The Morgan fingerprint density at radius 1 is 0.455 bits per heavy atom. The molecule has 0 N–H and O–H groups in total. The smallest absolute Gasteiger partial charge is 1.00 e. The van der Waals surface area contributed by atoms with Crippen LogP contribution in [-0.2, 0) is 11.3 Å². The van der Waals surface area contributed by atoms with Crippen LogP contribution < -0.4 is 28.3 Å². The van der Waals surface area contributed by atoms with E-state index in [2.05, 4.69) is 75.4 Å². The number of carbonyl (C=O) groups excluding carboxylic acids is 1. The number of ether oxygens (including phenoxy) is 3. The van der Waals surface area contributed by atoms with Crippen molar-refractivity contribution in [1.29, 1.82) is 0 Å². The zero-order chi connectivity index (χ0) is 43.9. The maximum Gasteiger partial charge on any atom is 1.00 e. The van der Waals surface area contributed by atoms with Crippen LogP contribution in [0.1, 0.15) is 120 Å². The molecular weight excluding hydrogens is 827 g/mol. The van der Waals surface area contributed by atoms with Gasteiger partial charge in [-0.2, -0.15) is 0 Å². The molecule has 0 aromatic heterocycles. The van der Waals surface area contributed by atoms with E-state index in [4.69, 9.17) is 14.2 Å². The molecule has 0 spiro atoms. The van der Waals surface area contributed by atoms with Gasteiger partial charge in [0.15, 0.2) is 17.4 Å². The van der Waals surface area contributed by atoms with Crippen molar-refractivity contribution < 1.29 is 39.3 Å². The summed E-state index contributed by atoms with van der Waals surface area (Å²) in [6.45, 7) is 16.3. The van der Waals surface area contributed by atoms with Gasteiger partial charge in [-0.3, -0.25) is 9.69 Å². The summed E-state index contributed by atoms with van der Waals surface area (Å²) in [6.07, 6.45) is 20.5. The third kappa shape index (κ3) is 18.8. The monoisotopic (exact) mass is 909 g/mol. The maximum atomic E-state index is 12.6. The molecule has 0 aliphatic carbocycles. The Kier molecular flexibility index (Phi) is 25.4. The van der Waals surface area contributed by atoms with Gasteiger partial charge in [0.25, 0.3) is 5.91 Å². The number of hydrogen-bond acceptors (Lipinski definition) is 7. The van der Waals surface area contributed by atoms with Gasteiger partial charge in [0.05, 0.1) is 13.2 Å². The van der Waals surface area contributed by atoms with Crippen LogP contribution >= 0.6 is 0 Å². The zero-order valence-electron chi connectivity index (χ0n) is 41.1. The fourth-order valence-electron chi connectivity index (χ4n) is 9.58. The van der Waals surface area contributed by atoms with Crippen LogP contribution in [0, 0.1) is 0 Å². The third-order valence-electron chi connectivity index (χ3n) is 13.5. The standard InChI is InChI=1S/C26H34N2O2.C26H36N2O.C4H8O.Al.Li.4H/c29-26(28-19-5-2-6-20-28)24-10-8-22(9-11-24)23-12-14-25(15-13-23)30-21-7-18-27-16-3-1-4-17-27;1-3-16-27(17-4-1)20-7-21-29-26-14-12-25(13-15-26)24-10-8-23(9-11-24)22-28-18-5-2-6-19-28;1-2-4-5-3-1;;;;;;/h8-15H,1-7,16-21H2;8-15H,1-7,16-22H2;1-4H2;;;;;;/q;;;;+1;;;;-1. The normalized spacial score (nSPS) is 18.0. The SMILES string of the molecule is C1CCOC1.O=C(c1ccc(-c2ccc(OCCCN3CCCCC3)cc2)cc1)N1CCCCC1.[AlH3].[H-].[Li+].c1cc(-c2ccc(OCCCN3CCCCC3)cc2)ccc1CN1CCCCC1. The van der Waals surface area contributed by atoms with E-state index in [0.29, 0.717) is 0 Å². The first-order valence-electron chi connectivity index (χ1n) is 25.4. The topological polar surface area (TPSA) is 57.7 Å². The molecule has 66 heavy (non-hydrogen) atoms.